The summed E-state index contributed by atoms with van der Waals surface area (Å²) in [5.41, 5.74) is 4.91. The molecule has 3 nitrogen and oxygen atoms in total. The Bertz CT molecular complexity index is 181. The summed E-state index contributed by atoms with van der Waals surface area (Å²) in [5, 5.41) is 8.94. The van der Waals surface area contributed by atoms with Gasteiger partial charge in [0.1, 0.15) is 5.54 Å². The van der Waals surface area contributed by atoms with E-state index in [0.29, 0.717) is 6.42 Å². The molecular formula is C9H17NO2. The quantitative estimate of drug-likeness (QED) is 0.674. The van der Waals surface area contributed by atoms with E-state index >= 15 is 0 Å². The van der Waals surface area contributed by atoms with Crippen LogP contribution in [0.1, 0.15) is 39.0 Å². The minimum atomic E-state index is -0.921. The maximum atomic E-state index is 10.9. The summed E-state index contributed by atoms with van der Waals surface area (Å²) in [5.74, 6) is -0.626. The second-order valence-electron chi connectivity index (χ2n) is 3.72. The van der Waals surface area contributed by atoms with Crippen LogP contribution in [-0.4, -0.2) is 16.6 Å². The first-order valence-corrected chi connectivity index (χ1v) is 4.63. The van der Waals surface area contributed by atoms with Crippen LogP contribution in [0.5, 0.6) is 0 Å². The molecule has 0 radical (unpaired) electrons. The fraction of sp³-hybridized carbons (Fsp3) is 0.889. The van der Waals surface area contributed by atoms with Crippen LogP contribution in [0, 0.1) is 5.92 Å². The average molecular weight is 171 g/mol. The van der Waals surface area contributed by atoms with Gasteiger partial charge in [-0.25, -0.2) is 0 Å². The second-order valence-corrected chi connectivity index (χ2v) is 3.72. The van der Waals surface area contributed by atoms with E-state index in [1.165, 1.54) is 0 Å². The van der Waals surface area contributed by atoms with Crippen LogP contribution in [0.15, 0.2) is 0 Å². The molecule has 1 saturated carbocycles. The Balaban J connectivity index is 2.67. The summed E-state index contributed by atoms with van der Waals surface area (Å²) in [6.07, 6.45) is 4.57. The highest BCUT2D eigenvalue weighted by Gasteiger charge is 2.45. The van der Waals surface area contributed by atoms with E-state index in [0.717, 1.165) is 25.7 Å². The molecule has 3 heteroatoms. The van der Waals surface area contributed by atoms with Crippen LogP contribution in [0.25, 0.3) is 0 Å². The first-order chi connectivity index (χ1) is 5.61. The molecular weight excluding hydrogens is 154 g/mol. The molecule has 0 aromatic rings. The Morgan fingerprint density at radius 1 is 1.75 bits per heavy atom. The van der Waals surface area contributed by atoms with E-state index in [-0.39, 0.29) is 5.92 Å². The van der Waals surface area contributed by atoms with Gasteiger partial charge in [-0.15, -0.1) is 0 Å². The maximum absolute atomic E-state index is 10.9. The van der Waals surface area contributed by atoms with Crippen molar-refractivity contribution in [3.63, 3.8) is 0 Å². The van der Waals surface area contributed by atoms with Crippen molar-refractivity contribution < 1.29 is 9.90 Å². The zero-order valence-electron chi connectivity index (χ0n) is 7.55. The summed E-state index contributed by atoms with van der Waals surface area (Å²) in [6.45, 7) is 2.07. The van der Waals surface area contributed by atoms with Gasteiger partial charge in [-0.05, 0) is 25.2 Å². The first kappa shape index (κ1) is 9.52. The van der Waals surface area contributed by atoms with Crippen molar-refractivity contribution in [1.29, 1.82) is 0 Å². The highest BCUT2D eigenvalue weighted by atomic mass is 16.4. The largest absolute Gasteiger partial charge is 0.480 e. The lowest BCUT2D eigenvalue weighted by Crippen LogP contribution is -2.50. The fourth-order valence-electron chi connectivity index (χ4n) is 2.13. The van der Waals surface area contributed by atoms with Gasteiger partial charge in [0.25, 0.3) is 0 Å². The van der Waals surface area contributed by atoms with Crippen LogP contribution < -0.4 is 5.73 Å². The Kier molecular flexibility index (Phi) is 2.73. The number of nitrogens with two attached hydrogens (primary N) is 1. The summed E-state index contributed by atoms with van der Waals surface area (Å²) in [6, 6.07) is 0. The lowest BCUT2D eigenvalue weighted by molar-refractivity contribution is -0.144. The van der Waals surface area contributed by atoms with Gasteiger partial charge >= 0.3 is 5.97 Å². The first-order valence-electron chi connectivity index (χ1n) is 4.63. The standard InChI is InChI=1S/C9H17NO2/c1-2-4-7-5-3-6-9(7,10)8(11)12/h7H,2-6,10H2,1H3,(H,11,12)/t7-,9-/m0/s1. The fourth-order valence-corrected chi connectivity index (χ4v) is 2.13. The monoisotopic (exact) mass is 171 g/mol. The molecule has 1 aliphatic carbocycles. The molecule has 1 fully saturated rings. The molecule has 0 unspecified atom stereocenters. The highest BCUT2D eigenvalue weighted by molar-refractivity contribution is 5.79. The molecule has 0 aromatic heterocycles. The molecule has 1 rings (SSSR count). The van der Waals surface area contributed by atoms with E-state index in [1.54, 1.807) is 0 Å². The van der Waals surface area contributed by atoms with Crippen molar-refractivity contribution in [2.45, 2.75) is 44.6 Å². The Labute approximate surface area is 72.9 Å². The summed E-state index contributed by atoms with van der Waals surface area (Å²) < 4.78 is 0. The van der Waals surface area contributed by atoms with Gasteiger partial charge in [-0.1, -0.05) is 19.8 Å². The molecule has 0 heterocycles. The minimum absolute atomic E-state index is 0.194. The SMILES string of the molecule is CCC[C@H]1CCC[C@@]1(N)C(=O)O. The molecule has 3 N–H and O–H groups in total. The third kappa shape index (κ3) is 1.46. The molecule has 1 aliphatic rings. The molecule has 2 atom stereocenters. The van der Waals surface area contributed by atoms with E-state index in [4.69, 9.17) is 10.8 Å². The average Bonchev–Trinajstić information content (AvgIpc) is 2.35. The van der Waals surface area contributed by atoms with Crippen molar-refractivity contribution in [3.8, 4) is 0 Å². The molecule has 70 valence electrons. The Hall–Kier alpha value is -0.570. The van der Waals surface area contributed by atoms with Crippen LogP contribution in [-0.2, 0) is 4.79 Å². The number of rotatable bonds is 3. The zero-order chi connectivity index (χ0) is 9.19. The van der Waals surface area contributed by atoms with Gasteiger partial charge < -0.3 is 10.8 Å². The van der Waals surface area contributed by atoms with Crippen LogP contribution in [0.4, 0.5) is 0 Å². The number of hydrogen-bond donors (Lipinski definition) is 2. The third-order valence-corrected chi connectivity index (χ3v) is 2.91. The van der Waals surface area contributed by atoms with Crippen molar-refractivity contribution in [2.75, 3.05) is 0 Å². The van der Waals surface area contributed by atoms with Gasteiger partial charge in [-0.2, -0.15) is 0 Å². The molecule has 0 aromatic carbocycles. The molecule has 0 amide bonds. The Morgan fingerprint density at radius 3 is 2.92 bits per heavy atom. The number of carboxylic acids is 1. The van der Waals surface area contributed by atoms with E-state index < -0.39 is 11.5 Å². The number of carboxylic acid groups (broad SMARTS) is 1. The molecule has 0 aliphatic heterocycles. The van der Waals surface area contributed by atoms with Crippen molar-refractivity contribution >= 4 is 5.97 Å². The molecule has 12 heavy (non-hydrogen) atoms. The molecule has 0 spiro atoms. The van der Waals surface area contributed by atoms with E-state index in [2.05, 4.69) is 6.92 Å². The third-order valence-electron chi connectivity index (χ3n) is 2.91. The van der Waals surface area contributed by atoms with Crippen molar-refractivity contribution in [3.05, 3.63) is 0 Å². The normalized spacial score (nSPS) is 35.3. The minimum Gasteiger partial charge on any atom is -0.480 e. The number of carbonyl (C=O) groups is 1. The second kappa shape index (κ2) is 3.44. The highest BCUT2D eigenvalue weighted by Crippen LogP contribution is 2.36. The van der Waals surface area contributed by atoms with Gasteiger partial charge in [0, 0.05) is 0 Å². The molecule has 0 bridgehead atoms. The summed E-state index contributed by atoms with van der Waals surface area (Å²) in [4.78, 5) is 10.9. The molecule has 0 saturated heterocycles. The predicted octanol–water partition coefficient (Wildman–Crippen LogP) is 1.37. The number of hydrogen-bond acceptors (Lipinski definition) is 2. The summed E-state index contributed by atoms with van der Waals surface area (Å²) in [7, 11) is 0. The number of aliphatic carboxylic acids is 1. The van der Waals surface area contributed by atoms with Crippen molar-refractivity contribution in [2.24, 2.45) is 11.7 Å². The zero-order valence-corrected chi connectivity index (χ0v) is 7.55. The van der Waals surface area contributed by atoms with Gasteiger partial charge in [-0.3, -0.25) is 4.79 Å². The van der Waals surface area contributed by atoms with E-state index in [9.17, 15) is 4.79 Å². The summed E-state index contributed by atoms with van der Waals surface area (Å²) >= 11 is 0. The maximum Gasteiger partial charge on any atom is 0.323 e. The van der Waals surface area contributed by atoms with Crippen molar-refractivity contribution in [1.82, 2.24) is 0 Å². The van der Waals surface area contributed by atoms with Gasteiger partial charge in [0.05, 0.1) is 0 Å². The van der Waals surface area contributed by atoms with Gasteiger partial charge in [0.2, 0.25) is 0 Å². The van der Waals surface area contributed by atoms with E-state index in [1.807, 2.05) is 0 Å². The van der Waals surface area contributed by atoms with Gasteiger partial charge in [0.15, 0.2) is 0 Å². The van der Waals surface area contributed by atoms with Crippen LogP contribution in [0.2, 0.25) is 0 Å². The lowest BCUT2D eigenvalue weighted by Gasteiger charge is -2.26. The lowest BCUT2D eigenvalue weighted by atomic mass is 9.85. The Morgan fingerprint density at radius 2 is 2.42 bits per heavy atom. The smallest absolute Gasteiger partial charge is 0.323 e. The van der Waals surface area contributed by atoms with Crippen LogP contribution >= 0.6 is 0 Å². The van der Waals surface area contributed by atoms with Crippen LogP contribution in [0.3, 0.4) is 0 Å². The topological polar surface area (TPSA) is 63.3 Å². The predicted molar refractivity (Wildman–Crippen MR) is 46.8 cm³/mol.